The standard InChI is InChI=1S/C14H24BrNO4/c1-14(2,3)20-13(18)16(15)10-6-9-12(17)19-11-7-4-5-8-11/h11H,4-10H2,1-3H3. The van der Waals surface area contributed by atoms with Gasteiger partial charge in [0.2, 0.25) is 0 Å². The van der Waals surface area contributed by atoms with E-state index in [1.54, 1.807) is 0 Å². The highest BCUT2D eigenvalue weighted by molar-refractivity contribution is 9.07. The second-order valence-electron chi connectivity index (χ2n) is 6.07. The molecule has 0 spiro atoms. The van der Waals surface area contributed by atoms with Crippen LogP contribution in [-0.2, 0) is 14.3 Å². The Balaban J connectivity index is 2.15. The average Bonchev–Trinajstić information content (AvgIpc) is 2.79. The number of ether oxygens (including phenoxy) is 2. The highest BCUT2D eigenvalue weighted by atomic mass is 79.9. The van der Waals surface area contributed by atoms with E-state index in [9.17, 15) is 9.59 Å². The van der Waals surface area contributed by atoms with Gasteiger partial charge in [0.1, 0.15) is 11.7 Å². The Morgan fingerprint density at radius 2 is 1.85 bits per heavy atom. The maximum Gasteiger partial charge on any atom is 0.420 e. The Hall–Kier alpha value is -0.780. The summed E-state index contributed by atoms with van der Waals surface area (Å²) in [4.78, 5) is 23.3. The van der Waals surface area contributed by atoms with E-state index in [-0.39, 0.29) is 12.1 Å². The van der Waals surface area contributed by atoms with Crippen LogP contribution in [0.25, 0.3) is 0 Å². The predicted octanol–water partition coefficient (Wildman–Crippen LogP) is 3.80. The predicted molar refractivity (Wildman–Crippen MR) is 79.4 cm³/mol. The molecule has 1 amide bonds. The summed E-state index contributed by atoms with van der Waals surface area (Å²) < 4.78 is 11.8. The molecule has 1 rings (SSSR count). The summed E-state index contributed by atoms with van der Waals surface area (Å²) in [6.45, 7) is 5.84. The number of hydrogen-bond donors (Lipinski definition) is 0. The third kappa shape index (κ3) is 7.12. The van der Waals surface area contributed by atoms with Crippen LogP contribution in [0.1, 0.15) is 59.3 Å². The number of esters is 1. The van der Waals surface area contributed by atoms with Gasteiger partial charge >= 0.3 is 12.1 Å². The Morgan fingerprint density at radius 1 is 1.25 bits per heavy atom. The van der Waals surface area contributed by atoms with Crippen LogP contribution in [0.3, 0.4) is 0 Å². The average molecular weight is 350 g/mol. The molecule has 0 aliphatic heterocycles. The summed E-state index contributed by atoms with van der Waals surface area (Å²) >= 11 is 3.14. The number of carbonyl (C=O) groups excluding carboxylic acids is 2. The van der Waals surface area contributed by atoms with Crippen LogP contribution in [0.5, 0.6) is 0 Å². The molecule has 116 valence electrons. The summed E-state index contributed by atoms with van der Waals surface area (Å²) in [7, 11) is 0. The molecular formula is C14H24BrNO4. The minimum Gasteiger partial charge on any atom is -0.462 e. The third-order valence-electron chi connectivity index (χ3n) is 2.93. The Morgan fingerprint density at radius 3 is 2.40 bits per heavy atom. The van der Waals surface area contributed by atoms with Crippen molar-refractivity contribution in [3.05, 3.63) is 0 Å². The van der Waals surface area contributed by atoms with Gasteiger partial charge in [-0.25, -0.2) is 8.72 Å². The minimum atomic E-state index is -0.523. The number of hydrogen-bond acceptors (Lipinski definition) is 4. The molecule has 0 N–H and O–H groups in total. The van der Waals surface area contributed by atoms with Crippen molar-refractivity contribution in [2.24, 2.45) is 0 Å². The maximum atomic E-state index is 11.7. The minimum absolute atomic E-state index is 0.105. The van der Waals surface area contributed by atoms with E-state index >= 15 is 0 Å². The fraction of sp³-hybridized carbons (Fsp3) is 0.857. The SMILES string of the molecule is CC(C)(C)OC(=O)N(Br)CCCC(=O)OC1CCCC1. The first-order valence-electron chi connectivity index (χ1n) is 7.14. The number of rotatable bonds is 5. The van der Waals surface area contributed by atoms with Gasteiger partial charge in [0.05, 0.1) is 16.1 Å². The Kier molecular flexibility index (Phi) is 6.79. The van der Waals surface area contributed by atoms with E-state index in [0.29, 0.717) is 19.4 Å². The Bertz CT molecular complexity index is 335. The van der Waals surface area contributed by atoms with Crippen molar-refractivity contribution < 1.29 is 19.1 Å². The summed E-state index contributed by atoms with van der Waals surface area (Å²) in [6, 6.07) is 0. The van der Waals surface area contributed by atoms with Gasteiger partial charge in [0, 0.05) is 13.0 Å². The van der Waals surface area contributed by atoms with Crippen LogP contribution in [-0.4, -0.2) is 34.2 Å². The molecule has 0 heterocycles. The lowest BCUT2D eigenvalue weighted by Crippen LogP contribution is -2.31. The molecule has 0 aromatic carbocycles. The van der Waals surface area contributed by atoms with Gasteiger partial charge in [-0.05, 0) is 52.9 Å². The highest BCUT2D eigenvalue weighted by Crippen LogP contribution is 2.21. The van der Waals surface area contributed by atoms with E-state index in [0.717, 1.165) is 25.7 Å². The molecule has 20 heavy (non-hydrogen) atoms. The van der Waals surface area contributed by atoms with Crippen LogP contribution in [0.2, 0.25) is 0 Å². The third-order valence-corrected chi connectivity index (χ3v) is 3.57. The van der Waals surface area contributed by atoms with Crippen molar-refractivity contribution in [1.82, 2.24) is 3.93 Å². The molecule has 1 fully saturated rings. The van der Waals surface area contributed by atoms with Crippen molar-refractivity contribution >= 4 is 28.2 Å². The summed E-state index contributed by atoms with van der Waals surface area (Å²) in [6.07, 6.45) is 4.78. The first-order valence-corrected chi connectivity index (χ1v) is 7.84. The van der Waals surface area contributed by atoms with Crippen LogP contribution < -0.4 is 0 Å². The van der Waals surface area contributed by atoms with Crippen molar-refractivity contribution in [1.29, 1.82) is 0 Å². The van der Waals surface area contributed by atoms with Crippen molar-refractivity contribution in [2.45, 2.75) is 71.0 Å². The lowest BCUT2D eigenvalue weighted by Gasteiger charge is -2.23. The summed E-state index contributed by atoms with van der Waals surface area (Å²) in [5.41, 5.74) is -0.523. The number of carbonyl (C=O) groups is 2. The van der Waals surface area contributed by atoms with Crippen LogP contribution in [0, 0.1) is 0 Å². The normalized spacial score (nSPS) is 16.0. The van der Waals surface area contributed by atoms with Crippen molar-refractivity contribution in [2.75, 3.05) is 6.54 Å². The van der Waals surface area contributed by atoms with Crippen molar-refractivity contribution in [3.8, 4) is 0 Å². The van der Waals surface area contributed by atoms with Gasteiger partial charge in [-0.1, -0.05) is 0 Å². The van der Waals surface area contributed by atoms with E-state index in [1.807, 2.05) is 20.8 Å². The fourth-order valence-electron chi connectivity index (χ4n) is 2.02. The lowest BCUT2D eigenvalue weighted by atomic mass is 10.2. The number of nitrogens with zero attached hydrogens (tertiary/aromatic N) is 1. The van der Waals surface area contributed by atoms with Gasteiger partial charge in [-0.3, -0.25) is 4.79 Å². The zero-order valence-corrected chi connectivity index (χ0v) is 14.1. The molecule has 0 unspecified atom stereocenters. The quantitative estimate of drug-likeness (QED) is 0.559. The second-order valence-corrected chi connectivity index (χ2v) is 6.92. The molecule has 0 atom stereocenters. The van der Waals surface area contributed by atoms with Crippen LogP contribution >= 0.6 is 16.1 Å². The molecule has 1 saturated carbocycles. The highest BCUT2D eigenvalue weighted by Gasteiger charge is 2.22. The molecule has 0 saturated heterocycles. The monoisotopic (exact) mass is 349 g/mol. The zero-order chi connectivity index (χ0) is 15.2. The van der Waals surface area contributed by atoms with Crippen LogP contribution in [0.4, 0.5) is 4.79 Å². The largest absolute Gasteiger partial charge is 0.462 e. The van der Waals surface area contributed by atoms with Gasteiger partial charge in [0.25, 0.3) is 0 Å². The van der Waals surface area contributed by atoms with Gasteiger partial charge in [0.15, 0.2) is 0 Å². The van der Waals surface area contributed by atoms with E-state index < -0.39 is 11.7 Å². The first-order chi connectivity index (χ1) is 9.28. The topological polar surface area (TPSA) is 55.8 Å². The molecular weight excluding hydrogens is 326 g/mol. The molecule has 6 heteroatoms. The molecule has 0 aromatic rings. The van der Waals surface area contributed by atoms with Gasteiger partial charge in [-0.2, -0.15) is 0 Å². The fourth-order valence-corrected chi connectivity index (χ4v) is 2.34. The molecule has 0 aromatic heterocycles. The molecule has 5 nitrogen and oxygen atoms in total. The molecule has 0 bridgehead atoms. The van der Waals surface area contributed by atoms with Gasteiger partial charge < -0.3 is 9.47 Å². The van der Waals surface area contributed by atoms with Crippen LogP contribution in [0.15, 0.2) is 0 Å². The smallest absolute Gasteiger partial charge is 0.420 e. The maximum absolute atomic E-state index is 11.7. The van der Waals surface area contributed by atoms with E-state index in [2.05, 4.69) is 16.1 Å². The van der Waals surface area contributed by atoms with Crippen molar-refractivity contribution in [3.63, 3.8) is 0 Å². The summed E-state index contributed by atoms with van der Waals surface area (Å²) in [5, 5.41) is 0. The second kappa shape index (κ2) is 7.86. The van der Waals surface area contributed by atoms with E-state index in [1.165, 1.54) is 3.93 Å². The zero-order valence-electron chi connectivity index (χ0n) is 12.5. The summed E-state index contributed by atoms with van der Waals surface area (Å²) in [5.74, 6) is -0.179. The molecule has 1 aliphatic rings. The van der Waals surface area contributed by atoms with E-state index in [4.69, 9.17) is 9.47 Å². The lowest BCUT2D eigenvalue weighted by molar-refractivity contribution is -0.148. The number of halogens is 1. The number of amides is 1. The molecule has 1 aliphatic carbocycles. The molecule has 0 radical (unpaired) electrons. The first kappa shape index (κ1) is 17.3. The Labute approximate surface area is 129 Å². The van der Waals surface area contributed by atoms with Gasteiger partial charge in [-0.15, -0.1) is 0 Å².